The molecule has 1 aromatic heterocycles. The molecule has 2 atom stereocenters. The van der Waals surface area contributed by atoms with Crippen LogP contribution in [0.1, 0.15) is 12.0 Å². The number of aromatic nitrogens is 1. The summed E-state index contributed by atoms with van der Waals surface area (Å²) < 4.78 is 0. The molecular weight excluding hydrogens is 256 g/mol. The van der Waals surface area contributed by atoms with Gasteiger partial charge in [0, 0.05) is 31.1 Å². The molecule has 2 N–H and O–H groups in total. The van der Waals surface area contributed by atoms with E-state index in [1.165, 1.54) is 0 Å². The zero-order valence-electron chi connectivity index (χ0n) is 10.9. The lowest BCUT2D eigenvalue weighted by molar-refractivity contribution is -0.142. The van der Waals surface area contributed by atoms with Crippen LogP contribution in [-0.2, 0) is 11.3 Å². The van der Waals surface area contributed by atoms with Crippen LogP contribution in [-0.4, -0.2) is 44.8 Å². The number of nitrogens with zero attached hydrogens (tertiary/aromatic N) is 2. The quantitative estimate of drug-likeness (QED) is 0.880. The van der Waals surface area contributed by atoms with Gasteiger partial charge in [-0.2, -0.15) is 0 Å². The van der Waals surface area contributed by atoms with Crippen molar-refractivity contribution in [2.45, 2.75) is 25.1 Å². The van der Waals surface area contributed by atoms with Gasteiger partial charge in [-0.25, -0.2) is 0 Å². The van der Waals surface area contributed by atoms with Gasteiger partial charge in [-0.15, -0.1) is 0 Å². The average Bonchev–Trinajstić information content (AvgIpc) is 2.80. The highest BCUT2D eigenvalue weighted by Crippen LogP contribution is 2.24. The fourth-order valence-electron chi connectivity index (χ4n) is 2.82. The van der Waals surface area contributed by atoms with Gasteiger partial charge in [-0.3, -0.25) is 14.7 Å². The van der Waals surface area contributed by atoms with E-state index in [1.54, 1.807) is 11.1 Å². The first kappa shape index (κ1) is 13.0. The average molecular weight is 272 g/mol. The third-order valence-electron chi connectivity index (χ3n) is 3.76. The van der Waals surface area contributed by atoms with Crippen molar-refractivity contribution in [3.63, 3.8) is 0 Å². The van der Waals surface area contributed by atoms with Crippen LogP contribution in [0.25, 0.3) is 10.9 Å². The lowest BCUT2D eigenvalue weighted by Crippen LogP contribution is -2.35. The van der Waals surface area contributed by atoms with Crippen LogP contribution >= 0.6 is 0 Å². The second kappa shape index (κ2) is 5.19. The summed E-state index contributed by atoms with van der Waals surface area (Å²) in [5.74, 6) is -0.880. The number of carboxylic acid groups (broad SMARTS) is 1. The Morgan fingerprint density at radius 3 is 2.95 bits per heavy atom. The molecule has 1 saturated heterocycles. The minimum Gasteiger partial charge on any atom is -0.480 e. The molecule has 0 amide bonds. The molecule has 2 unspecified atom stereocenters. The van der Waals surface area contributed by atoms with E-state index in [0.717, 1.165) is 16.5 Å². The number of para-hydroxylation sites is 1. The summed E-state index contributed by atoms with van der Waals surface area (Å²) in [4.78, 5) is 17.4. The number of aliphatic carboxylic acids is 1. The zero-order chi connectivity index (χ0) is 14.1. The second-order valence-corrected chi connectivity index (χ2v) is 5.17. The van der Waals surface area contributed by atoms with E-state index in [2.05, 4.69) is 4.98 Å². The SMILES string of the molecule is O=C(O)C1CC(O)CN1Cc1cccc2cccnc12. The smallest absolute Gasteiger partial charge is 0.321 e. The fourth-order valence-corrected chi connectivity index (χ4v) is 2.82. The van der Waals surface area contributed by atoms with Gasteiger partial charge in [-0.05, 0) is 11.6 Å². The standard InChI is InChI=1S/C15H16N2O3/c18-12-7-13(15(19)20)17(9-12)8-11-4-1-3-10-5-2-6-16-14(10)11/h1-6,12-13,18H,7-9H2,(H,19,20). The zero-order valence-corrected chi connectivity index (χ0v) is 10.9. The molecule has 1 aliphatic rings. The number of hydrogen-bond acceptors (Lipinski definition) is 4. The summed E-state index contributed by atoms with van der Waals surface area (Å²) >= 11 is 0. The van der Waals surface area contributed by atoms with Crippen LogP contribution in [0.3, 0.4) is 0 Å². The van der Waals surface area contributed by atoms with Crippen LogP contribution < -0.4 is 0 Å². The normalized spacial score (nSPS) is 23.2. The maximum atomic E-state index is 11.2. The number of benzene rings is 1. The Morgan fingerprint density at radius 1 is 1.35 bits per heavy atom. The van der Waals surface area contributed by atoms with Gasteiger partial charge in [0.05, 0.1) is 11.6 Å². The summed E-state index contributed by atoms with van der Waals surface area (Å²) in [5, 5.41) is 20.0. The van der Waals surface area contributed by atoms with Crippen LogP contribution in [0.5, 0.6) is 0 Å². The van der Waals surface area contributed by atoms with Crippen LogP contribution in [0.2, 0.25) is 0 Å². The number of pyridine rings is 1. The molecule has 104 valence electrons. The van der Waals surface area contributed by atoms with E-state index < -0.39 is 18.1 Å². The maximum absolute atomic E-state index is 11.2. The number of β-amino-alcohol motifs (C(OH)–C–C–N with tert-alkyl or cyclic N) is 1. The highest BCUT2D eigenvalue weighted by atomic mass is 16.4. The Hall–Kier alpha value is -1.98. The van der Waals surface area contributed by atoms with E-state index >= 15 is 0 Å². The first-order chi connectivity index (χ1) is 9.65. The minimum atomic E-state index is -0.880. The van der Waals surface area contributed by atoms with E-state index in [4.69, 9.17) is 0 Å². The number of aliphatic hydroxyl groups is 1. The summed E-state index contributed by atoms with van der Waals surface area (Å²) in [5.41, 5.74) is 1.88. The van der Waals surface area contributed by atoms with Crippen LogP contribution in [0.15, 0.2) is 36.5 Å². The highest BCUT2D eigenvalue weighted by Gasteiger charge is 2.35. The molecule has 3 rings (SSSR count). The summed E-state index contributed by atoms with van der Waals surface area (Å²) in [6.45, 7) is 0.878. The molecule has 1 fully saturated rings. The Morgan fingerprint density at radius 2 is 2.15 bits per heavy atom. The first-order valence-electron chi connectivity index (χ1n) is 6.62. The molecule has 5 nitrogen and oxygen atoms in total. The van der Waals surface area contributed by atoms with Crippen molar-refractivity contribution in [2.24, 2.45) is 0 Å². The number of rotatable bonds is 3. The lowest BCUT2D eigenvalue weighted by Gasteiger charge is -2.21. The number of likely N-dealkylation sites (tertiary alicyclic amines) is 1. The molecule has 0 spiro atoms. The van der Waals surface area contributed by atoms with Crippen molar-refractivity contribution < 1.29 is 15.0 Å². The fraction of sp³-hybridized carbons (Fsp3) is 0.333. The van der Waals surface area contributed by atoms with Crippen molar-refractivity contribution in [1.29, 1.82) is 0 Å². The summed E-state index contributed by atoms with van der Waals surface area (Å²) in [6, 6.07) is 9.13. The second-order valence-electron chi connectivity index (χ2n) is 5.17. The first-order valence-corrected chi connectivity index (χ1v) is 6.62. The largest absolute Gasteiger partial charge is 0.480 e. The van der Waals surface area contributed by atoms with Gasteiger partial charge in [0.15, 0.2) is 0 Å². The van der Waals surface area contributed by atoms with Crippen molar-refractivity contribution in [3.05, 3.63) is 42.1 Å². The summed E-state index contributed by atoms with van der Waals surface area (Å²) in [7, 11) is 0. The Kier molecular flexibility index (Phi) is 3.38. The predicted octanol–water partition coefficient (Wildman–Crippen LogP) is 1.25. The maximum Gasteiger partial charge on any atom is 0.321 e. The Bertz CT molecular complexity index is 639. The topological polar surface area (TPSA) is 73.7 Å². The van der Waals surface area contributed by atoms with Crippen molar-refractivity contribution >= 4 is 16.9 Å². The van der Waals surface area contributed by atoms with Crippen molar-refractivity contribution in [2.75, 3.05) is 6.54 Å². The van der Waals surface area contributed by atoms with E-state index in [-0.39, 0.29) is 6.42 Å². The van der Waals surface area contributed by atoms with E-state index in [0.29, 0.717) is 13.1 Å². The van der Waals surface area contributed by atoms with Crippen molar-refractivity contribution in [3.8, 4) is 0 Å². The van der Waals surface area contributed by atoms with Gasteiger partial charge >= 0.3 is 5.97 Å². The molecule has 5 heteroatoms. The molecule has 2 heterocycles. The summed E-state index contributed by atoms with van der Waals surface area (Å²) in [6.07, 6.45) is 1.45. The highest BCUT2D eigenvalue weighted by molar-refractivity contribution is 5.81. The molecule has 2 aromatic rings. The van der Waals surface area contributed by atoms with Gasteiger partial charge in [0.25, 0.3) is 0 Å². The molecule has 20 heavy (non-hydrogen) atoms. The van der Waals surface area contributed by atoms with Gasteiger partial charge < -0.3 is 10.2 Å². The third kappa shape index (κ3) is 2.37. The number of carboxylic acids is 1. The molecule has 0 aliphatic carbocycles. The van der Waals surface area contributed by atoms with Gasteiger partial charge in [0.2, 0.25) is 0 Å². The van der Waals surface area contributed by atoms with Crippen LogP contribution in [0, 0.1) is 0 Å². The number of fused-ring (bicyclic) bond motifs is 1. The number of aliphatic hydroxyl groups excluding tert-OH is 1. The van der Waals surface area contributed by atoms with E-state index in [9.17, 15) is 15.0 Å². The van der Waals surface area contributed by atoms with Gasteiger partial charge in [-0.1, -0.05) is 24.3 Å². The Labute approximate surface area is 116 Å². The van der Waals surface area contributed by atoms with Gasteiger partial charge in [0.1, 0.15) is 6.04 Å². The van der Waals surface area contributed by atoms with E-state index in [1.807, 2.05) is 30.3 Å². The monoisotopic (exact) mass is 272 g/mol. The number of hydrogen-bond donors (Lipinski definition) is 2. The third-order valence-corrected chi connectivity index (χ3v) is 3.76. The molecule has 1 aromatic carbocycles. The van der Waals surface area contributed by atoms with Crippen molar-refractivity contribution in [1.82, 2.24) is 9.88 Å². The molecule has 1 aliphatic heterocycles. The minimum absolute atomic E-state index is 0.285. The predicted molar refractivity (Wildman–Crippen MR) is 74.2 cm³/mol. The molecule has 0 radical (unpaired) electrons. The Balaban J connectivity index is 1.91. The molecule has 0 saturated carbocycles. The van der Waals surface area contributed by atoms with Crippen LogP contribution in [0.4, 0.5) is 0 Å². The molecular formula is C15H16N2O3. The lowest BCUT2D eigenvalue weighted by atomic mass is 10.1. The molecule has 0 bridgehead atoms. The number of carbonyl (C=O) groups is 1.